The van der Waals surface area contributed by atoms with Gasteiger partial charge in [-0.15, -0.1) is 0 Å². The molecule has 0 unspecified atom stereocenters. The smallest absolute Gasteiger partial charge is 0.246 e. The molecule has 5 heteroatoms. The van der Waals surface area contributed by atoms with Gasteiger partial charge in [-0.2, -0.15) is 0 Å². The molecule has 108 valence electrons. The van der Waals surface area contributed by atoms with Crippen LogP contribution in [0.25, 0.3) is 0 Å². The third-order valence-electron chi connectivity index (χ3n) is 2.75. The minimum atomic E-state index is -0.0943. The van der Waals surface area contributed by atoms with Crippen LogP contribution in [0.2, 0.25) is 0 Å². The Kier molecular flexibility index (Phi) is 9.44. The molecule has 0 radical (unpaired) electrons. The molecule has 0 bridgehead atoms. The predicted octanol–water partition coefficient (Wildman–Crippen LogP) is 1.07. The predicted molar refractivity (Wildman–Crippen MR) is 75.7 cm³/mol. The van der Waals surface area contributed by atoms with E-state index >= 15 is 0 Å². The van der Waals surface area contributed by atoms with Crippen molar-refractivity contribution in [1.29, 1.82) is 0 Å². The second kappa shape index (κ2) is 10.3. The number of rotatable bonds is 10. The Bertz CT molecular complexity index is 286. The number of nitrogens with zero attached hydrogens (tertiary/aromatic N) is 2. The summed E-state index contributed by atoms with van der Waals surface area (Å²) >= 11 is 0. The third kappa shape index (κ3) is 6.76. The molecule has 0 atom stereocenters. The van der Waals surface area contributed by atoms with Crippen LogP contribution in [0.1, 0.15) is 13.8 Å². The van der Waals surface area contributed by atoms with Crippen molar-refractivity contribution in [3.05, 3.63) is 25.3 Å². The van der Waals surface area contributed by atoms with Crippen LogP contribution in [0.5, 0.6) is 0 Å². The van der Waals surface area contributed by atoms with E-state index in [-0.39, 0.29) is 11.8 Å². The van der Waals surface area contributed by atoms with Gasteiger partial charge < -0.3 is 14.5 Å². The zero-order valence-corrected chi connectivity index (χ0v) is 11.9. The molecule has 0 fully saturated rings. The quantitative estimate of drug-likeness (QED) is 0.440. The first kappa shape index (κ1) is 17.4. The molecule has 0 aromatic carbocycles. The van der Waals surface area contributed by atoms with Crippen LogP contribution < -0.4 is 0 Å². The Morgan fingerprint density at radius 3 is 1.58 bits per heavy atom. The van der Waals surface area contributed by atoms with E-state index in [9.17, 15) is 9.59 Å². The number of carbonyl (C=O) groups is 2. The maximum atomic E-state index is 11.4. The number of likely N-dealkylation sites (N-methyl/N-ethyl adjacent to an activating group) is 2. The van der Waals surface area contributed by atoms with Crippen molar-refractivity contribution in [3.63, 3.8) is 0 Å². The summed E-state index contributed by atoms with van der Waals surface area (Å²) in [5, 5.41) is 0. The van der Waals surface area contributed by atoms with Crippen molar-refractivity contribution in [2.75, 3.05) is 39.4 Å². The number of hydrogen-bond donors (Lipinski definition) is 0. The lowest BCUT2D eigenvalue weighted by Crippen LogP contribution is -2.34. The molecule has 2 amide bonds. The molecular weight excluding hydrogens is 244 g/mol. The van der Waals surface area contributed by atoms with Gasteiger partial charge in [0.05, 0.1) is 13.2 Å². The summed E-state index contributed by atoms with van der Waals surface area (Å²) in [6.45, 7) is 13.9. The van der Waals surface area contributed by atoms with Gasteiger partial charge in [-0.1, -0.05) is 13.2 Å². The summed E-state index contributed by atoms with van der Waals surface area (Å²) in [4.78, 5) is 26.1. The highest BCUT2D eigenvalue weighted by Crippen LogP contribution is 1.93. The van der Waals surface area contributed by atoms with E-state index in [1.165, 1.54) is 12.2 Å². The Balaban J connectivity index is 3.85. The van der Waals surface area contributed by atoms with E-state index in [1.54, 1.807) is 9.80 Å². The van der Waals surface area contributed by atoms with Gasteiger partial charge in [0.2, 0.25) is 11.8 Å². The Morgan fingerprint density at radius 1 is 0.947 bits per heavy atom. The fraction of sp³-hybridized carbons (Fsp3) is 0.571. The van der Waals surface area contributed by atoms with Gasteiger partial charge in [-0.05, 0) is 26.0 Å². The summed E-state index contributed by atoms with van der Waals surface area (Å²) < 4.78 is 5.43. The van der Waals surface area contributed by atoms with Gasteiger partial charge in [-0.25, -0.2) is 0 Å². The second-order valence-electron chi connectivity index (χ2n) is 3.86. The lowest BCUT2D eigenvalue weighted by Gasteiger charge is -2.21. The van der Waals surface area contributed by atoms with E-state index in [1.807, 2.05) is 13.8 Å². The summed E-state index contributed by atoms with van der Waals surface area (Å²) in [5.74, 6) is -0.189. The SMILES string of the molecule is C=CC(=O)N(CC)CCOCCN(CC)C(=O)C=C. The van der Waals surface area contributed by atoms with Crippen LogP contribution in [-0.4, -0.2) is 61.0 Å². The third-order valence-corrected chi connectivity index (χ3v) is 2.75. The van der Waals surface area contributed by atoms with E-state index in [4.69, 9.17) is 4.74 Å². The summed E-state index contributed by atoms with van der Waals surface area (Å²) in [6, 6.07) is 0. The fourth-order valence-electron chi connectivity index (χ4n) is 1.56. The van der Waals surface area contributed by atoms with Gasteiger partial charge in [0.15, 0.2) is 0 Å². The van der Waals surface area contributed by atoms with Gasteiger partial charge >= 0.3 is 0 Å². The van der Waals surface area contributed by atoms with Crippen LogP contribution in [0.3, 0.4) is 0 Å². The van der Waals surface area contributed by atoms with E-state index in [2.05, 4.69) is 13.2 Å². The van der Waals surface area contributed by atoms with Gasteiger partial charge in [0.1, 0.15) is 0 Å². The normalized spacial score (nSPS) is 9.79. The van der Waals surface area contributed by atoms with E-state index in [0.717, 1.165) is 0 Å². The minimum Gasteiger partial charge on any atom is -0.378 e. The van der Waals surface area contributed by atoms with Crippen LogP contribution in [0.4, 0.5) is 0 Å². The average Bonchev–Trinajstić information content (AvgIpc) is 2.45. The zero-order chi connectivity index (χ0) is 14.7. The van der Waals surface area contributed by atoms with Crippen molar-refractivity contribution in [1.82, 2.24) is 9.80 Å². The van der Waals surface area contributed by atoms with Gasteiger partial charge in [0.25, 0.3) is 0 Å². The molecule has 0 N–H and O–H groups in total. The Labute approximate surface area is 115 Å². The lowest BCUT2D eigenvalue weighted by atomic mass is 10.4. The largest absolute Gasteiger partial charge is 0.378 e. The molecule has 0 aromatic rings. The number of ether oxygens (including phenoxy) is 1. The van der Waals surface area contributed by atoms with Crippen LogP contribution >= 0.6 is 0 Å². The minimum absolute atomic E-state index is 0.0943. The van der Waals surface area contributed by atoms with Crippen molar-refractivity contribution >= 4 is 11.8 Å². The van der Waals surface area contributed by atoms with Crippen molar-refractivity contribution in [2.24, 2.45) is 0 Å². The van der Waals surface area contributed by atoms with Crippen LogP contribution in [-0.2, 0) is 14.3 Å². The van der Waals surface area contributed by atoms with Crippen molar-refractivity contribution in [2.45, 2.75) is 13.8 Å². The zero-order valence-electron chi connectivity index (χ0n) is 11.9. The molecule has 0 rings (SSSR count). The molecule has 0 saturated carbocycles. The first-order valence-electron chi connectivity index (χ1n) is 6.51. The molecule has 0 heterocycles. The molecule has 0 saturated heterocycles. The average molecular weight is 268 g/mol. The lowest BCUT2D eigenvalue weighted by molar-refractivity contribution is -0.126. The second-order valence-corrected chi connectivity index (χ2v) is 3.86. The molecule has 0 aliphatic rings. The van der Waals surface area contributed by atoms with Crippen LogP contribution in [0, 0.1) is 0 Å². The van der Waals surface area contributed by atoms with E-state index < -0.39 is 0 Å². The maximum absolute atomic E-state index is 11.4. The highest BCUT2D eigenvalue weighted by atomic mass is 16.5. The van der Waals surface area contributed by atoms with Crippen molar-refractivity contribution < 1.29 is 14.3 Å². The number of amides is 2. The summed E-state index contributed by atoms with van der Waals surface area (Å²) in [6.07, 6.45) is 2.59. The highest BCUT2D eigenvalue weighted by molar-refractivity contribution is 5.87. The first-order valence-corrected chi connectivity index (χ1v) is 6.51. The van der Waals surface area contributed by atoms with Crippen LogP contribution in [0.15, 0.2) is 25.3 Å². The topological polar surface area (TPSA) is 49.9 Å². The van der Waals surface area contributed by atoms with Gasteiger partial charge in [0, 0.05) is 26.2 Å². The Morgan fingerprint density at radius 2 is 1.32 bits per heavy atom. The molecule has 0 spiro atoms. The summed E-state index contributed by atoms with van der Waals surface area (Å²) in [5.41, 5.74) is 0. The first-order chi connectivity index (χ1) is 9.10. The Hall–Kier alpha value is -1.62. The number of hydrogen-bond acceptors (Lipinski definition) is 3. The number of carbonyl (C=O) groups excluding carboxylic acids is 2. The summed E-state index contributed by atoms with van der Waals surface area (Å²) in [7, 11) is 0. The molecule has 0 aliphatic heterocycles. The monoisotopic (exact) mass is 268 g/mol. The molecule has 0 aliphatic carbocycles. The van der Waals surface area contributed by atoms with Gasteiger partial charge in [-0.3, -0.25) is 9.59 Å². The standard InChI is InChI=1S/C14H24N2O3/c1-5-13(17)15(7-3)9-11-19-12-10-16(8-4)14(18)6-2/h5-6H,1-2,7-12H2,3-4H3. The molecule has 0 aromatic heterocycles. The molecule has 5 nitrogen and oxygen atoms in total. The van der Waals surface area contributed by atoms with Crippen molar-refractivity contribution in [3.8, 4) is 0 Å². The fourth-order valence-corrected chi connectivity index (χ4v) is 1.56. The highest BCUT2D eigenvalue weighted by Gasteiger charge is 2.08. The molecular formula is C14H24N2O3. The molecule has 19 heavy (non-hydrogen) atoms. The maximum Gasteiger partial charge on any atom is 0.246 e. The van der Waals surface area contributed by atoms with E-state index in [0.29, 0.717) is 39.4 Å².